The Bertz CT molecular complexity index is 72.8. The average molecular weight is 117 g/mol. The highest BCUT2D eigenvalue weighted by Gasteiger charge is 1.94. The second kappa shape index (κ2) is 4.59. The third kappa shape index (κ3) is 3.61. The van der Waals surface area contributed by atoms with E-state index >= 15 is 0 Å². The van der Waals surface area contributed by atoms with Crippen molar-refractivity contribution in [2.24, 2.45) is 0 Å². The van der Waals surface area contributed by atoms with Gasteiger partial charge in [0.1, 0.15) is 0 Å². The summed E-state index contributed by atoms with van der Waals surface area (Å²) in [5.41, 5.74) is 1.56. The van der Waals surface area contributed by atoms with Gasteiger partial charge < -0.3 is 0 Å². The topological polar surface area (TPSA) is 49.3 Å². The molecule has 0 fully saturated rings. The van der Waals surface area contributed by atoms with Crippen molar-refractivity contribution in [3.8, 4) is 0 Å². The molecule has 48 valence electrons. The van der Waals surface area contributed by atoms with Gasteiger partial charge in [0.15, 0.2) is 0 Å². The van der Waals surface area contributed by atoms with Crippen molar-refractivity contribution < 1.29 is 10.0 Å². The minimum Gasteiger partial charge on any atom is -0.289 e. The van der Waals surface area contributed by atoms with E-state index in [1.165, 1.54) is 0 Å². The molecule has 0 bridgehead atoms. The number of hydrogen-bond donors (Lipinski definition) is 2. The highest BCUT2D eigenvalue weighted by molar-refractivity contribution is 5.74. The molecule has 3 heteroatoms. The quantitative estimate of drug-likeness (QED) is 0.422. The summed E-state index contributed by atoms with van der Waals surface area (Å²) >= 11 is 0. The fraction of sp³-hybridized carbons (Fsp3) is 0.800. The smallest absolute Gasteiger partial charge is 0.243 e. The predicted octanol–water partition coefficient (Wildman–Crippen LogP) is 0.682. The van der Waals surface area contributed by atoms with Crippen LogP contribution < -0.4 is 5.48 Å². The second-order valence-electron chi connectivity index (χ2n) is 1.64. The van der Waals surface area contributed by atoms with E-state index in [0.717, 1.165) is 12.8 Å². The number of nitrogens with one attached hydrogen (secondary N) is 1. The summed E-state index contributed by atoms with van der Waals surface area (Å²) in [4.78, 5) is 10.2. The standard InChI is InChI=1S/C5H11NO2/c1-2-3-4-5(7)6-8/h8H,2-4H2,1H3,(H,6,7). The molecule has 0 aliphatic rings. The van der Waals surface area contributed by atoms with Gasteiger partial charge in [0.05, 0.1) is 0 Å². The molecular formula is C5H11NO2. The molecule has 0 aromatic rings. The van der Waals surface area contributed by atoms with Crippen LogP contribution in [-0.2, 0) is 4.79 Å². The van der Waals surface area contributed by atoms with E-state index in [0.29, 0.717) is 6.42 Å². The Morgan fingerprint density at radius 1 is 1.75 bits per heavy atom. The Morgan fingerprint density at radius 3 is 2.75 bits per heavy atom. The molecule has 0 rings (SSSR count). The SMILES string of the molecule is CCCCC(=O)NO. The van der Waals surface area contributed by atoms with Crippen LogP contribution in [0, 0.1) is 0 Å². The summed E-state index contributed by atoms with van der Waals surface area (Å²) in [6.45, 7) is 1.99. The molecule has 0 saturated heterocycles. The Labute approximate surface area is 48.7 Å². The van der Waals surface area contributed by atoms with Gasteiger partial charge >= 0.3 is 0 Å². The number of carbonyl (C=O) groups excluding carboxylic acids is 1. The molecule has 0 radical (unpaired) electrons. The maximum absolute atomic E-state index is 10.2. The van der Waals surface area contributed by atoms with Crippen molar-refractivity contribution in [3.63, 3.8) is 0 Å². The molecule has 0 aromatic heterocycles. The summed E-state index contributed by atoms with van der Waals surface area (Å²) in [5, 5.41) is 7.96. The molecule has 0 atom stereocenters. The van der Waals surface area contributed by atoms with Gasteiger partial charge in [0.2, 0.25) is 5.91 Å². The molecule has 1 amide bonds. The Hall–Kier alpha value is -0.570. The second-order valence-corrected chi connectivity index (χ2v) is 1.64. The van der Waals surface area contributed by atoms with Crippen LogP contribution in [0.2, 0.25) is 0 Å². The molecule has 0 aromatic carbocycles. The highest BCUT2D eigenvalue weighted by Crippen LogP contribution is 1.91. The van der Waals surface area contributed by atoms with E-state index in [4.69, 9.17) is 5.21 Å². The Kier molecular flexibility index (Phi) is 4.26. The maximum atomic E-state index is 10.2. The lowest BCUT2D eigenvalue weighted by molar-refractivity contribution is -0.129. The lowest BCUT2D eigenvalue weighted by atomic mass is 10.2. The summed E-state index contributed by atoms with van der Waals surface area (Å²) in [6.07, 6.45) is 2.24. The zero-order valence-electron chi connectivity index (χ0n) is 4.98. The number of carbonyl (C=O) groups is 1. The van der Waals surface area contributed by atoms with E-state index < -0.39 is 0 Å². The van der Waals surface area contributed by atoms with Crippen molar-refractivity contribution in [3.05, 3.63) is 0 Å². The molecular weight excluding hydrogens is 106 g/mol. The van der Waals surface area contributed by atoms with Crippen molar-refractivity contribution in [1.29, 1.82) is 0 Å². The van der Waals surface area contributed by atoms with Gasteiger partial charge in [-0.3, -0.25) is 10.0 Å². The average Bonchev–Trinajstić information content (AvgIpc) is 1.83. The fourth-order valence-electron chi connectivity index (χ4n) is 0.393. The molecule has 0 aliphatic heterocycles. The maximum Gasteiger partial charge on any atom is 0.243 e. The molecule has 0 unspecified atom stereocenters. The number of unbranched alkanes of at least 4 members (excludes halogenated alkanes) is 1. The third-order valence-corrected chi connectivity index (χ3v) is 0.882. The first-order valence-electron chi connectivity index (χ1n) is 2.74. The monoisotopic (exact) mass is 117 g/mol. The first-order valence-corrected chi connectivity index (χ1v) is 2.74. The van der Waals surface area contributed by atoms with E-state index in [-0.39, 0.29) is 5.91 Å². The summed E-state index contributed by atoms with van der Waals surface area (Å²) < 4.78 is 0. The van der Waals surface area contributed by atoms with Crippen molar-refractivity contribution in [2.45, 2.75) is 26.2 Å². The van der Waals surface area contributed by atoms with Crippen molar-refractivity contribution in [2.75, 3.05) is 0 Å². The molecule has 2 N–H and O–H groups in total. The van der Waals surface area contributed by atoms with Crippen LogP contribution in [0.25, 0.3) is 0 Å². The third-order valence-electron chi connectivity index (χ3n) is 0.882. The summed E-state index contributed by atoms with van der Waals surface area (Å²) in [6, 6.07) is 0. The lowest BCUT2D eigenvalue weighted by Crippen LogP contribution is -2.17. The first-order chi connectivity index (χ1) is 3.81. The Morgan fingerprint density at radius 2 is 2.38 bits per heavy atom. The zero-order valence-corrected chi connectivity index (χ0v) is 4.98. The molecule has 3 nitrogen and oxygen atoms in total. The van der Waals surface area contributed by atoms with Gasteiger partial charge in [-0.2, -0.15) is 0 Å². The van der Waals surface area contributed by atoms with Crippen molar-refractivity contribution >= 4 is 5.91 Å². The largest absolute Gasteiger partial charge is 0.289 e. The van der Waals surface area contributed by atoms with E-state index in [1.54, 1.807) is 5.48 Å². The van der Waals surface area contributed by atoms with Crippen LogP contribution in [-0.4, -0.2) is 11.1 Å². The van der Waals surface area contributed by atoms with Gasteiger partial charge in [-0.25, -0.2) is 5.48 Å². The molecule has 0 spiro atoms. The number of rotatable bonds is 3. The van der Waals surface area contributed by atoms with Gasteiger partial charge in [0.25, 0.3) is 0 Å². The van der Waals surface area contributed by atoms with Crippen LogP contribution in [0.3, 0.4) is 0 Å². The summed E-state index contributed by atoms with van der Waals surface area (Å²) in [7, 11) is 0. The van der Waals surface area contributed by atoms with E-state index in [2.05, 4.69) is 0 Å². The number of hydrogen-bond acceptors (Lipinski definition) is 2. The fourth-order valence-corrected chi connectivity index (χ4v) is 0.393. The molecule has 0 aliphatic carbocycles. The Balaban J connectivity index is 2.99. The number of hydroxylamine groups is 1. The minimum atomic E-state index is -0.299. The normalized spacial score (nSPS) is 8.75. The van der Waals surface area contributed by atoms with Gasteiger partial charge in [-0.1, -0.05) is 13.3 Å². The lowest BCUT2D eigenvalue weighted by Gasteiger charge is -1.92. The zero-order chi connectivity index (χ0) is 6.41. The highest BCUT2D eigenvalue weighted by atomic mass is 16.5. The first kappa shape index (κ1) is 7.43. The van der Waals surface area contributed by atoms with E-state index in [1.807, 2.05) is 6.92 Å². The van der Waals surface area contributed by atoms with Crippen LogP contribution >= 0.6 is 0 Å². The van der Waals surface area contributed by atoms with Gasteiger partial charge in [-0.05, 0) is 6.42 Å². The van der Waals surface area contributed by atoms with Crippen LogP contribution in [0.1, 0.15) is 26.2 Å². The summed E-state index contributed by atoms with van der Waals surface area (Å²) in [5.74, 6) is -0.299. The van der Waals surface area contributed by atoms with E-state index in [9.17, 15) is 4.79 Å². The molecule has 0 saturated carbocycles. The predicted molar refractivity (Wildman–Crippen MR) is 29.5 cm³/mol. The van der Waals surface area contributed by atoms with Crippen LogP contribution in [0.15, 0.2) is 0 Å². The van der Waals surface area contributed by atoms with Crippen LogP contribution in [0.4, 0.5) is 0 Å². The molecule has 0 heterocycles. The van der Waals surface area contributed by atoms with Crippen molar-refractivity contribution in [1.82, 2.24) is 5.48 Å². The molecule has 8 heavy (non-hydrogen) atoms. The minimum absolute atomic E-state index is 0.299. The van der Waals surface area contributed by atoms with Gasteiger partial charge in [0, 0.05) is 6.42 Å². The van der Waals surface area contributed by atoms with Crippen LogP contribution in [0.5, 0.6) is 0 Å². The number of amides is 1. The van der Waals surface area contributed by atoms with Gasteiger partial charge in [-0.15, -0.1) is 0 Å².